The Hall–Kier alpha value is -3.14. The molecule has 0 atom stereocenters. The second-order valence-electron chi connectivity index (χ2n) is 5.90. The molecule has 0 spiro atoms. The minimum atomic E-state index is -0.239. The van der Waals surface area contributed by atoms with E-state index in [4.69, 9.17) is 9.57 Å². The van der Waals surface area contributed by atoms with E-state index in [0.717, 1.165) is 34.6 Å². The van der Waals surface area contributed by atoms with E-state index >= 15 is 0 Å². The number of hydrogen-bond acceptors (Lipinski definition) is 3. The first-order chi connectivity index (χ1) is 13.3. The van der Waals surface area contributed by atoms with Gasteiger partial charge in [-0.25, -0.2) is 4.39 Å². The summed E-state index contributed by atoms with van der Waals surface area (Å²) in [5.74, 6) is 0.519. The predicted octanol–water partition coefficient (Wildman–Crippen LogP) is 5.50. The fourth-order valence-corrected chi connectivity index (χ4v) is 2.63. The minimum Gasteiger partial charge on any atom is -0.490 e. The zero-order chi connectivity index (χ0) is 18.9. The Morgan fingerprint density at radius 1 is 1.00 bits per heavy atom. The lowest BCUT2D eigenvalue weighted by Crippen LogP contribution is -2.06. The van der Waals surface area contributed by atoms with E-state index in [0.29, 0.717) is 13.2 Å². The second kappa shape index (κ2) is 9.53. The molecule has 0 saturated carbocycles. The maximum absolute atomic E-state index is 13.4. The van der Waals surface area contributed by atoms with Crippen molar-refractivity contribution in [3.63, 3.8) is 0 Å². The van der Waals surface area contributed by atoms with Crippen molar-refractivity contribution in [1.82, 2.24) is 0 Å². The number of oxime groups is 1. The Kier molecular flexibility index (Phi) is 6.58. The lowest BCUT2D eigenvalue weighted by Gasteiger charge is -2.08. The fraction of sp³-hybridized carbons (Fsp3) is 0.174. The largest absolute Gasteiger partial charge is 0.490 e. The van der Waals surface area contributed by atoms with Crippen LogP contribution < -0.4 is 4.74 Å². The predicted molar refractivity (Wildman–Crippen MR) is 105 cm³/mol. The Balaban J connectivity index is 1.57. The van der Waals surface area contributed by atoms with Crippen LogP contribution in [0.15, 0.2) is 78.0 Å². The van der Waals surface area contributed by atoms with Crippen molar-refractivity contribution in [2.45, 2.75) is 13.3 Å². The zero-order valence-corrected chi connectivity index (χ0v) is 15.2. The summed E-state index contributed by atoms with van der Waals surface area (Å²) in [6.07, 6.45) is 0.744. The van der Waals surface area contributed by atoms with Crippen LogP contribution >= 0.6 is 0 Å². The van der Waals surface area contributed by atoms with E-state index < -0.39 is 0 Å². The fourth-order valence-electron chi connectivity index (χ4n) is 2.63. The van der Waals surface area contributed by atoms with Crippen LogP contribution in [0.3, 0.4) is 0 Å². The number of rotatable bonds is 8. The first kappa shape index (κ1) is 18.6. The van der Waals surface area contributed by atoms with Gasteiger partial charge in [0, 0.05) is 0 Å². The van der Waals surface area contributed by atoms with Gasteiger partial charge in [0.25, 0.3) is 0 Å². The Bertz CT molecular complexity index is 876. The SMILES string of the molecule is CC/C(=N\OCCOc1c[c]ccc1)c1ccc(-c2cccc(F)c2)cc1. The summed E-state index contributed by atoms with van der Waals surface area (Å²) in [5.41, 5.74) is 3.65. The summed E-state index contributed by atoms with van der Waals surface area (Å²) in [6.45, 7) is 2.80. The smallest absolute Gasteiger partial charge is 0.151 e. The molecule has 0 aliphatic heterocycles. The summed E-state index contributed by atoms with van der Waals surface area (Å²) in [7, 11) is 0. The van der Waals surface area contributed by atoms with E-state index in [1.165, 1.54) is 12.1 Å². The topological polar surface area (TPSA) is 30.8 Å². The molecule has 1 radical (unpaired) electrons. The molecule has 3 aromatic rings. The molecule has 0 aliphatic carbocycles. The number of nitrogens with zero attached hydrogens (tertiary/aromatic N) is 1. The highest BCUT2D eigenvalue weighted by atomic mass is 19.1. The van der Waals surface area contributed by atoms with E-state index in [1.54, 1.807) is 12.1 Å². The lowest BCUT2D eigenvalue weighted by molar-refractivity contribution is 0.107. The molecule has 0 bridgehead atoms. The van der Waals surface area contributed by atoms with Gasteiger partial charge in [0.15, 0.2) is 6.61 Å². The number of ether oxygens (including phenoxy) is 1. The molecule has 0 saturated heterocycles. The van der Waals surface area contributed by atoms with Crippen LogP contribution in [0.4, 0.5) is 4.39 Å². The van der Waals surface area contributed by atoms with Gasteiger partial charge in [0.1, 0.15) is 18.2 Å². The summed E-state index contributed by atoms with van der Waals surface area (Å²) in [5, 5.41) is 4.23. The maximum atomic E-state index is 13.4. The first-order valence-corrected chi connectivity index (χ1v) is 8.90. The Labute approximate surface area is 159 Å². The normalized spacial score (nSPS) is 11.3. The van der Waals surface area contributed by atoms with Gasteiger partial charge in [-0.3, -0.25) is 0 Å². The molecule has 3 aromatic carbocycles. The molecule has 0 N–H and O–H groups in total. The average molecular weight is 362 g/mol. The van der Waals surface area contributed by atoms with Crippen molar-refractivity contribution < 1.29 is 14.0 Å². The molecule has 0 aromatic heterocycles. The van der Waals surface area contributed by atoms with Gasteiger partial charge >= 0.3 is 0 Å². The average Bonchev–Trinajstić information content (AvgIpc) is 2.72. The molecule has 0 amide bonds. The van der Waals surface area contributed by atoms with Gasteiger partial charge in [-0.2, -0.15) is 0 Å². The number of hydrogen-bond donors (Lipinski definition) is 0. The molecule has 0 fully saturated rings. The molecule has 137 valence electrons. The molecule has 0 aliphatic rings. The van der Waals surface area contributed by atoms with E-state index in [1.807, 2.05) is 55.5 Å². The number of benzene rings is 3. The highest BCUT2D eigenvalue weighted by Gasteiger charge is 2.04. The zero-order valence-electron chi connectivity index (χ0n) is 15.2. The molecular weight excluding hydrogens is 341 g/mol. The van der Waals surface area contributed by atoms with E-state index in [2.05, 4.69) is 11.2 Å². The van der Waals surface area contributed by atoms with Crippen LogP contribution in [0.25, 0.3) is 11.1 Å². The van der Waals surface area contributed by atoms with Gasteiger partial charge < -0.3 is 9.57 Å². The lowest BCUT2D eigenvalue weighted by atomic mass is 10.0. The monoisotopic (exact) mass is 362 g/mol. The Morgan fingerprint density at radius 2 is 1.85 bits per heavy atom. The Morgan fingerprint density at radius 3 is 2.56 bits per heavy atom. The van der Waals surface area contributed by atoms with Gasteiger partial charge in [-0.15, -0.1) is 0 Å². The molecule has 4 heteroatoms. The van der Waals surface area contributed by atoms with Crippen molar-refractivity contribution in [3.05, 3.63) is 90.2 Å². The highest BCUT2D eigenvalue weighted by Crippen LogP contribution is 2.21. The molecule has 3 rings (SSSR count). The summed E-state index contributed by atoms with van der Waals surface area (Å²) < 4.78 is 18.9. The molecule has 0 heterocycles. The molecule has 0 unspecified atom stereocenters. The van der Waals surface area contributed by atoms with Crippen LogP contribution in [-0.4, -0.2) is 18.9 Å². The van der Waals surface area contributed by atoms with Crippen molar-refractivity contribution >= 4 is 5.71 Å². The first-order valence-electron chi connectivity index (χ1n) is 8.90. The minimum absolute atomic E-state index is 0.239. The van der Waals surface area contributed by atoms with E-state index in [-0.39, 0.29) is 5.82 Å². The maximum Gasteiger partial charge on any atom is 0.151 e. The summed E-state index contributed by atoms with van der Waals surface area (Å²) >= 11 is 0. The highest BCUT2D eigenvalue weighted by molar-refractivity contribution is 6.00. The summed E-state index contributed by atoms with van der Waals surface area (Å²) in [6, 6.07) is 24.7. The standard InChI is InChI=1S/C23H21FNO2/c1-2-23(25-27-16-15-26-22-9-4-3-5-10-22)19-13-11-18(12-14-19)20-7-6-8-21(24)17-20/h3-4,6-14,17H,2,15-16H2,1H3/b25-23+. The van der Waals surface area contributed by atoms with Gasteiger partial charge in [0.05, 0.1) is 5.71 Å². The quantitative estimate of drug-likeness (QED) is 0.301. The number of halogens is 1. The van der Waals surface area contributed by atoms with Crippen molar-refractivity contribution in [2.75, 3.05) is 13.2 Å². The second-order valence-corrected chi connectivity index (χ2v) is 5.90. The third-order valence-electron chi connectivity index (χ3n) is 4.01. The molecule has 3 nitrogen and oxygen atoms in total. The molecular formula is C23H21FNO2. The van der Waals surface area contributed by atoms with Gasteiger partial charge in [-0.1, -0.05) is 60.6 Å². The third kappa shape index (κ3) is 5.42. The van der Waals surface area contributed by atoms with Crippen LogP contribution in [0, 0.1) is 11.9 Å². The molecule has 27 heavy (non-hydrogen) atoms. The van der Waals surface area contributed by atoms with Crippen molar-refractivity contribution in [2.24, 2.45) is 5.16 Å². The van der Waals surface area contributed by atoms with Gasteiger partial charge in [-0.05, 0) is 53.4 Å². The van der Waals surface area contributed by atoms with Crippen molar-refractivity contribution in [3.8, 4) is 16.9 Å². The van der Waals surface area contributed by atoms with Crippen LogP contribution in [0.2, 0.25) is 0 Å². The third-order valence-corrected chi connectivity index (χ3v) is 4.01. The summed E-state index contributed by atoms with van der Waals surface area (Å²) in [4.78, 5) is 5.40. The van der Waals surface area contributed by atoms with Gasteiger partial charge in [0.2, 0.25) is 0 Å². The van der Waals surface area contributed by atoms with Crippen LogP contribution in [-0.2, 0) is 4.84 Å². The van der Waals surface area contributed by atoms with E-state index in [9.17, 15) is 4.39 Å². The van der Waals surface area contributed by atoms with Crippen LogP contribution in [0.5, 0.6) is 5.75 Å². The van der Waals surface area contributed by atoms with Crippen LogP contribution in [0.1, 0.15) is 18.9 Å². The van der Waals surface area contributed by atoms with Crippen molar-refractivity contribution in [1.29, 1.82) is 0 Å².